The van der Waals surface area contributed by atoms with Crippen molar-refractivity contribution in [3.8, 4) is 11.5 Å². The van der Waals surface area contributed by atoms with Crippen LogP contribution in [0.1, 0.15) is 33.3 Å². The van der Waals surface area contributed by atoms with Crippen LogP contribution in [0.4, 0.5) is 22.7 Å². The van der Waals surface area contributed by atoms with Crippen LogP contribution in [-0.4, -0.2) is 27.2 Å². The fourth-order valence-corrected chi connectivity index (χ4v) is 3.57. The van der Waals surface area contributed by atoms with Crippen LogP contribution in [0.5, 0.6) is 11.5 Å². The molecule has 0 spiro atoms. The maximum atomic E-state index is 10.9. The molecule has 3 rings (SSSR count). The molecule has 0 fully saturated rings. The number of nitro groups is 1. The van der Waals surface area contributed by atoms with Crippen molar-refractivity contribution < 1.29 is 15.1 Å². The highest BCUT2D eigenvalue weighted by atomic mass is 16.6. The molecule has 2 aromatic carbocycles. The van der Waals surface area contributed by atoms with E-state index in [-0.39, 0.29) is 34.1 Å². The molecule has 8 heteroatoms. The highest BCUT2D eigenvalue weighted by Crippen LogP contribution is 2.44. The first-order chi connectivity index (χ1) is 13.1. The smallest absolute Gasteiger partial charge is 0.271 e. The first-order valence-corrected chi connectivity index (χ1v) is 8.87. The van der Waals surface area contributed by atoms with Crippen molar-refractivity contribution in [1.29, 1.82) is 0 Å². The summed E-state index contributed by atoms with van der Waals surface area (Å²) in [5.41, 5.74) is 2.66. The Morgan fingerprint density at radius 1 is 1.11 bits per heavy atom. The van der Waals surface area contributed by atoms with Crippen LogP contribution in [0.25, 0.3) is 5.57 Å². The fraction of sp³-hybridized carbons (Fsp3) is 0.300. The van der Waals surface area contributed by atoms with E-state index in [0.29, 0.717) is 0 Å². The van der Waals surface area contributed by atoms with Gasteiger partial charge in [0.15, 0.2) is 0 Å². The number of aromatic hydroxyl groups is 2. The summed E-state index contributed by atoms with van der Waals surface area (Å²) in [5.74, 6) is -0.293. The highest BCUT2D eigenvalue weighted by Gasteiger charge is 2.31. The molecule has 0 amide bonds. The molecule has 0 unspecified atom stereocenters. The standard InChI is InChI=1S/C20H22N4O4/c1-5-23-17-10-19(26)16(9-14(17)12(2)11-20(23,3)4)22-21-15-8-13(24(27)28)6-7-18(15)25/h6-11,25-26H,5H2,1-4H3. The summed E-state index contributed by atoms with van der Waals surface area (Å²) in [6, 6.07) is 6.87. The molecule has 0 saturated heterocycles. The van der Waals surface area contributed by atoms with Gasteiger partial charge in [0.25, 0.3) is 5.69 Å². The molecule has 0 bridgehead atoms. The maximum absolute atomic E-state index is 10.9. The van der Waals surface area contributed by atoms with Crippen LogP contribution < -0.4 is 4.90 Å². The Kier molecular flexibility index (Phi) is 4.80. The van der Waals surface area contributed by atoms with Crippen LogP contribution in [0.15, 0.2) is 46.6 Å². The van der Waals surface area contributed by atoms with E-state index < -0.39 is 4.92 Å². The van der Waals surface area contributed by atoms with E-state index in [0.717, 1.165) is 29.4 Å². The van der Waals surface area contributed by atoms with Gasteiger partial charge in [-0.15, -0.1) is 10.2 Å². The Morgan fingerprint density at radius 2 is 1.75 bits per heavy atom. The molecule has 8 nitrogen and oxygen atoms in total. The second kappa shape index (κ2) is 6.95. The Balaban J connectivity index is 2.04. The number of hydrogen-bond acceptors (Lipinski definition) is 7. The molecule has 0 aliphatic carbocycles. The van der Waals surface area contributed by atoms with Crippen LogP contribution in [0.3, 0.4) is 0 Å². The summed E-state index contributed by atoms with van der Waals surface area (Å²) >= 11 is 0. The van der Waals surface area contributed by atoms with Crippen LogP contribution >= 0.6 is 0 Å². The number of azo groups is 1. The third-order valence-corrected chi connectivity index (χ3v) is 4.83. The number of allylic oxidation sites excluding steroid dienone is 1. The minimum atomic E-state index is -0.579. The van der Waals surface area contributed by atoms with Gasteiger partial charge in [-0.2, -0.15) is 0 Å². The molecule has 146 valence electrons. The second-order valence-electron chi connectivity index (χ2n) is 7.21. The van der Waals surface area contributed by atoms with Gasteiger partial charge in [-0.1, -0.05) is 6.08 Å². The monoisotopic (exact) mass is 382 g/mol. The molecule has 2 aromatic rings. The van der Waals surface area contributed by atoms with Crippen molar-refractivity contribution in [2.24, 2.45) is 10.2 Å². The summed E-state index contributed by atoms with van der Waals surface area (Å²) in [6.07, 6.45) is 2.16. The average molecular weight is 382 g/mol. The predicted molar refractivity (Wildman–Crippen MR) is 108 cm³/mol. The van der Waals surface area contributed by atoms with E-state index in [9.17, 15) is 20.3 Å². The summed E-state index contributed by atoms with van der Waals surface area (Å²) in [7, 11) is 0. The van der Waals surface area contributed by atoms with E-state index in [1.165, 1.54) is 12.1 Å². The fourth-order valence-electron chi connectivity index (χ4n) is 3.57. The maximum Gasteiger partial charge on any atom is 0.271 e. The zero-order valence-corrected chi connectivity index (χ0v) is 16.2. The number of nitrogens with zero attached hydrogens (tertiary/aromatic N) is 4. The summed E-state index contributed by atoms with van der Waals surface area (Å²) < 4.78 is 0. The summed E-state index contributed by atoms with van der Waals surface area (Å²) in [4.78, 5) is 12.5. The van der Waals surface area contributed by atoms with Gasteiger partial charge >= 0.3 is 0 Å². The summed E-state index contributed by atoms with van der Waals surface area (Å²) in [5, 5.41) is 39.1. The number of anilines is 1. The van der Waals surface area contributed by atoms with Crippen molar-refractivity contribution >= 4 is 28.3 Å². The lowest BCUT2D eigenvalue weighted by Crippen LogP contribution is -2.44. The summed E-state index contributed by atoms with van der Waals surface area (Å²) in [6.45, 7) is 9.04. The van der Waals surface area contributed by atoms with E-state index in [1.54, 1.807) is 12.1 Å². The molecular weight excluding hydrogens is 360 g/mol. The number of non-ortho nitro benzene ring substituents is 1. The highest BCUT2D eigenvalue weighted by molar-refractivity contribution is 5.84. The van der Waals surface area contributed by atoms with Gasteiger partial charge < -0.3 is 15.1 Å². The van der Waals surface area contributed by atoms with Crippen molar-refractivity contribution in [2.75, 3.05) is 11.4 Å². The lowest BCUT2D eigenvalue weighted by Gasteiger charge is -2.42. The van der Waals surface area contributed by atoms with Crippen LogP contribution in [0.2, 0.25) is 0 Å². The normalized spacial score (nSPS) is 15.4. The number of benzene rings is 2. The molecule has 0 atom stereocenters. The lowest BCUT2D eigenvalue weighted by molar-refractivity contribution is -0.384. The number of rotatable bonds is 4. The molecule has 0 radical (unpaired) electrons. The molecule has 1 aliphatic heterocycles. The largest absolute Gasteiger partial charge is 0.506 e. The van der Waals surface area contributed by atoms with Crippen molar-refractivity contribution in [3.05, 3.63) is 52.1 Å². The number of hydrogen-bond donors (Lipinski definition) is 2. The van der Waals surface area contributed by atoms with E-state index in [2.05, 4.69) is 42.0 Å². The van der Waals surface area contributed by atoms with Crippen LogP contribution in [0, 0.1) is 10.1 Å². The molecular formula is C20H22N4O4. The zero-order valence-electron chi connectivity index (χ0n) is 16.2. The van der Waals surface area contributed by atoms with Crippen molar-refractivity contribution in [1.82, 2.24) is 0 Å². The third kappa shape index (κ3) is 3.40. The van der Waals surface area contributed by atoms with E-state index in [1.807, 2.05) is 6.92 Å². The zero-order chi connectivity index (χ0) is 20.6. The van der Waals surface area contributed by atoms with Crippen molar-refractivity contribution in [2.45, 2.75) is 33.2 Å². The number of fused-ring (bicyclic) bond motifs is 1. The molecule has 0 aromatic heterocycles. The number of nitro benzene ring substituents is 1. The van der Waals surface area contributed by atoms with Crippen molar-refractivity contribution in [3.63, 3.8) is 0 Å². The molecule has 1 heterocycles. The Labute approximate surface area is 162 Å². The topological polar surface area (TPSA) is 112 Å². The second-order valence-corrected chi connectivity index (χ2v) is 7.21. The predicted octanol–water partition coefficient (Wildman–Crippen LogP) is 5.44. The third-order valence-electron chi connectivity index (χ3n) is 4.83. The van der Waals surface area contributed by atoms with Gasteiger partial charge in [-0.25, -0.2) is 0 Å². The van der Waals surface area contributed by atoms with E-state index in [4.69, 9.17) is 0 Å². The van der Waals surface area contributed by atoms with Crippen LogP contribution in [-0.2, 0) is 0 Å². The minimum Gasteiger partial charge on any atom is -0.506 e. The number of likely N-dealkylation sites (N-methyl/N-ethyl adjacent to an activating group) is 1. The molecule has 1 aliphatic rings. The minimum absolute atomic E-state index is 0.0464. The molecule has 28 heavy (non-hydrogen) atoms. The quantitative estimate of drug-likeness (QED) is 0.415. The first kappa shape index (κ1) is 19.3. The molecule has 2 N–H and O–H groups in total. The first-order valence-electron chi connectivity index (χ1n) is 8.87. The van der Waals surface area contributed by atoms with Gasteiger partial charge in [0.05, 0.1) is 10.5 Å². The Hall–Kier alpha value is -3.42. The van der Waals surface area contributed by atoms with E-state index >= 15 is 0 Å². The lowest BCUT2D eigenvalue weighted by atomic mass is 9.88. The van der Waals surface area contributed by atoms with Gasteiger partial charge in [-0.05, 0) is 45.4 Å². The van der Waals surface area contributed by atoms with Gasteiger partial charge in [0.1, 0.15) is 22.9 Å². The van der Waals surface area contributed by atoms with Gasteiger partial charge in [-0.3, -0.25) is 10.1 Å². The Bertz CT molecular complexity index is 1010. The van der Waals surface area contributed by atoms with Gasteiger partial charge in [0.2, 0.25) is 0 Å². The number of phenols is 2. The Morgan fingerprint density at radius 3 is 2.36 bits per heavy atom. The van der Waals surface area contributed by atoms with Gasteiger partial charge in [0, 0.05) is 36.0 Å². The average Bonchev–Trinajstić information content (AvgIpc) is 2.61. The SMILES string of the molecule is CCN1c2cc(O)c(N=Nc3cc([N+](=O)[O-])ccc3O)cc2C(C)=CC1(C)C. The molecule has 0 saturated carbocycles. The number of phenolic OH excluding ortho intramolecular Hbond substituents is 2.